The minimum atomic E-state index is -0.203. The zero-order chi connectivity index (χ0) is 17.8. The number of aryl methyl sites for hydroxylation is 1. The van der Waals surface area contributed by atoms with Crippen LogP contribution in [0.3, 0.4) is 0 Å². The Labute approximate surface area is 154 Å². The van der Waals surface area contributed by atoms with Crippen molar-refractivity contribution < 1.29 is 8.81 Å². The molecular formula is C20H17ClFN3O. The molecule has 6 heteroatoms. The number of benzene rings is 2. The lowest BCUT2D eigenvalue weighted by Crippen LogP contribution is -2.36. The summed E-state index contributed by atoms with van der Waals surface area (Å²) in [4.78, 5) is 10.1. The van der Waals surface area contributed by atoms with Gasteiger partial charge in [-0.25, -0.2) is 4.39 Å². The molecule has 0 saturated carbocycles. The number of likely N-dealkylation sites (N-methyl/N-ethyl adjacent to an activating group) is 1. The largest absolute Gasteiger partial charge is 0.423 e. The van der Waals surface area contributed by atoms with E-state index >= 15 is 0 Å². The second kappa shape index (κ2) is 5.74. The van der Waals surface area contributed by atoms with Gasteiger partial charge < -0.3 is 14.3 Å². The minimum absolute atomic E-state index is 0.203. The zero-order valence-electron chi connectivity index (χ0n) is 14.2. The van der Waals surface area contributed by atoms with Crippen molar-refractivity contribution in [2.45, 2.75) is 25.3 Å². The summed E-state index contributed by atoms with van der Waals surface area (Å²) in [5, 5.41) is 1.61. The lowest BCUT2D eigenvalue weighted by molar-refractivity contribution is 0.493. The highest BCUT2D eigenvalue weighted by Crippen LogP contribution is 2.33. The van der Waals surface area contributed by atoms with Crippen molar-refractivity contribution in [1.82, 2.24) is 9.97 Å². The third-order valence-corrected chi connectivity index (χ3v) is 5.55. The minimum Gasteiger partial charge on any atom is -0.423 e. The fourth-order valence-electron chi connectivity index (χ4n) is 3.89. The number of rotatable bonds is 2. The molecule has 2 heterocycles. The predicted molar refractivity (Wildman–Crippen MR) is 101 cm³/mol. The number of oxazole rings is 1. The second-order valence-corrected chi connectivity index (χ2v) is 7.32. The maximum atomic E-state index is 13.7. The van der Waals surface area contributed by atoms with E-state index < -0.39 is 0 Å². The number of hydrogen-bond donors (Lipinski definition) is 1. The van der Waals surface area contributed by atoms with E-state index in [-0.39, 0.29) is 11.9 Å². The Morgan fingerprint density at radius 3 is 3.04 bits per heavy atom. The molecule has 0 spiro atoms. The van der Waals surface area contributed by atoms with Crippen LogP contribution in [0, 0.1) is 5.82 Å². The molecule has 1 N–H and O–H groups in total. The van der Waals surface area contributed by atoms with E-state index in [1.807, 2.05) is 25.2 Å². The third-order valence-electron chi connectivity index (χ3n) is 5.31. The standard InChI is InChI=1S/C20H17ClFN3O/c1-25(20-24-18-5-2-11(21)8-19(18)26-20)13-4-7-17-15(10-13)14-9-12(22)3-6-16(14)23-17/h2-3,5-6,8-9,13,23H,4,7,10H2,1H3. The molecule has 0 fully saturated rings. The Balaban J connectivity index is 1.49. The number of fused-ring (bicyclic) bond motifs is 4. The Morgan fingerprint density at radius 2 is 2.15 bits per heavy atom. The molecular weight excluding hydrogens is 353 g/mol. The van der Waals surface area contributed by atoms with Gasteiger partial charge in [0.25, 0.3) is 6.01 Å². The van der Waals surface area contributed by atoms with Gasteiger partial charge in [0, 0.05) is 40.8 Å². The van der Waals surface area contributed by atoms with Gasteiger partial charge in [-0.2, -0.15) is 4.98 Å². The van der Waals surface area contributed by atoms with Crippen molar-refractivity contribution in [3.8, 4) is 0 Å². The van der Waals surface area contributed by atoms with E-state index in [1.165, 1.54) is 17.3 Å². The molecule has 132 valence electrons. The van der Waals surface area contributed by atoms with E-state index in [0.29, 0.717) is 16.6 Å². The SMILES string of the molecule is CN(c1nc2ccc(Cl)cc2o1)C1CCc2[nH]c3ccc(F)cc3c2C1. The average Bonchev–Trinajstić information content (AvgIpc) is 3.21. The first-order valence-electron chi connectivity index (χ1n) is 8.66. The first-order valence-corrected chi connectivity index (χ1v) is 9.04. The van der Waals surface area contributed by atoms with Gasteiger partial charge in [-0.1, -0.05) is 11.6 Å². The van der Waals surface area contributed by atoms with E-state index in [0.717, 1.165) is 35.7 Å². The number of aromatic amines is 1. The van der Waals surface area contributed by atoms with Gasteiger partial charge in [0.15, 0.2) is 5.58 Å². The Bertz CT molecular complexity index is 1130. The van der Waals surface area contributed by atoms with Gasteiger partial charge in [-0.3, -0.25) is 0 Å². The number of halogens is 2. The highest BCUT2D eigenvalue weighted by atomic mass is 35.5. The van der Waals surface area contributed by atoms with Crippen LogP contribution in [0.1, 0.15) is 17.7 Å². The first kappa shape index (κ1) is 15.7. The van der Waals surface area contributed by atoms with Crippen LogP contribution in [0.2, 0.25) is 5.02 Å². The number of hydrogen-bond acceptors (Lipinski definition) is 3. The lowest BCUT2D eigenvalue weighted by atomic mass is 9.91. The highest BCUT2D eigenvalue weighted by molar-refractivity contribution is 6.31. The summed E-state index contributed by atoms with van der Waals surface area (Å²) in [5.41, 5.74) is 4.88. The van der Waals surface area contributed by atoms with Crippen LogP contribution >= 0.6 is 11.6 Å². The Hall–Kier alpha value is -2.53. The number of H-pyrrole nitrogens is 1. The Kier molecular flexibility index (Phi) is 3.47. The van der Waals surface area contributed by atoms with Crippen molar-refractivity contribution in [3.05, 3.63) is 58.5 Å². The van der Waals surface area contributed by atoms with E-state index in [1.54, 1.807) is 12.1 Å². The van der Waals surface area contributed by atoms with Gasteiger partial charge in [-0.05, 0) is 55.2 Å². The molecule has 0 saturated heterocycles. The van der Waals surface area contributed by atoms with Crippen molar-refractivity contribution >= 4 is 39.6 Å². The van der Waals surface area contributed by atoms with Gasteiger partial charge >= 0.3 is 0 Å². The van der Waals surface area contributed by atoms with Gasteiger partial charge in [0.1, 0.15) is 11.3 Å². The first-order chi connectivity index (χ1) is 12.6. The maximum Gasteiger partial charge on any atom is 0.298 e. The molecule has 0 aliphatic heterocycles. The molecule has 0 radical (unpaired) electrons. The molecule has 2 aromatic carbocycles. The number of nitrogens with zero attached hydrogens (tertiary/aromatic N) is 2. The molecule has 5 rings (SSSR count). The summed E-state index contributed by atoms with van der Waals surface area (Å²) in [6.45, 7) is 0. The lowest BCUT2D eigenvalue weighted by Gasteiger charge is -2.30. The smallest absolute Gasteiger partial charge is 0.298 e. The molecule has 1 aliphatic carbocycles. The molecule has 1 aliphatic rings. The van der Waals surface area contributed by atoms with Gasteiger partial charge in [-0.15, -0.1) is 0 Å². The summed E-state index contributed by atoms with van der Waals surface area (Å²) >= 11 is 6.03. The monoisotopic (exact) mass is 369 g/mol. The number of nitrogens with one attached hydrogen (secondary N) is 1. The van der Waals surface area contributed by atoms with Crippen molar-refractivity contribution in [2.24, 2.45) is 0 Å². The molecule has 2 aromatic heterocycles. The maximum absolute atomic E-state index is 13.7. The summed E-state index contributed by atoms with van der Waals surface area (Å²) < 4.78 is 19.6. The molecule has 1 unspecified atom stereocenters. The molecule has 1 atom stereocenters. The quantitative estimate of drug-likeness (QED) is 0.535. The van der Waals surface area contributed by atoms with Crippen LogP contribution in [0.15, 0.2) is 40.8 Å². The topological polar surface area (TPSA) is 45.1 Å². The van der Waals surface area contributed by atoms with E-state index in [4.69, 9.17) is 16.0 Å². The summed E-state index contributed by atoms with van der Waals surface area (Å²) in [6, 6.07) is 11.2. The van der Waals surface area contributed by atoms with Gasteiger partial charge in [0.05, 0.1) is 0 Å². The molecule has 0 amide bonds. The predicted octanol–water partition coefficient (Wildman–Crippen LogP) is 5.10. The van der Waals surface area contributed by atoms with Crippen molar-refractivity contribution in [2.75, 3.05) is 11.9 Å². The second-order valence-electron chi connectivity index (χ2n) is 6.89. The van der Waals surface area contributed by atoms with Crippen LogP contribution < -0.4 is 4.90 Å². The van der Waals surface area contributed by atoms with Crippen molar-refractivity contribution in [1.29, 1.82) is 0 Å². The average molecular weight is 370 g/mol. The van der Waals surface area contributed by atoms with Crippen LogP contribution in [0.5, 0.6) is 0 Å². The van der Waals surface area contributed by atoms with E-state index in [2.05, 4.69) is 14.9 Å². The number of anilines is 1. The number of aromatic nitrogens is 2. The van der Waals surface area contributed by atoms with Crippen molar-refractivity contribution in [3.63, 3.8) is 0 Å². The summed E-state index contributed by atoms with van der Waals surface area (Å²) in [5.74, 6) is -0.203. The van der Waals surface area contributed by atoms with Crippen LogP contribution in [-0.2, 0) is 12.8 Å². The fraction of sp³-hybridized carbons (Fsp3) is 0.250. The molecule has 26 heavy (non-hydrogen) atoms. The fourth-order valence-corrected chi connectivity index (χ4v) is 4.06. The van der Waals surface area contributed by atoms with Gasteiger partial charge in [0.2, 0.25) is 0 Å². The van der Waals surface area contributed by atoms with Crippen LogP contribution in [0.25, 0.3) is 22.0 Å². The molecule has 0 bridgehead atoms. The normalized spacial score (nSPS) is 17.0. The summed E-state index contributed by atoms with van der Waals surface area (Å²) in [7, 11) is 2.00. The van der Waals surface area contributed by atoms with E-state index in [9.17, 15) is 4.39 Å². The Morgan fingerprint density at radius 1 is 1.27 bits per heavy atom. The third kappa shape index (κ3) is 2.46. The summed E-state index contributed by atoms with van der Waals surface area (Å²) in [6.07, 6.45) is 2.74. The molecule has 4 nitrogen and oxygen atoms in total. The highest BCUT2D eigenvalue weighted by Gasteiger charge is 2.27. The van der Waals surface area contributed by atoms with Crippen LogP contribution in [0.4, 0.5) is 10.4 Å². The molecule has 4 aromatic rings. The zero-order valence-corrected chi connectivity index (χ0v) is 15.0. The van der Waals surface area contributed by atoms with Crippen LogP contribution in [-0.4, -0.2) is 23.1 Å².